The number of amides is 1. The molecule has 1 aliphatic heterocycles. The van der Waals surface area contributed by atoms with Gasteiger partial charge < -0.3 is 9.72 Å². The second kappa shape index (κ2) is 4.91. The van der Waals surface area contributed by atoms with Crippen molar-refractivity contribution in [3.05, 3.63) is 34.5 Å². The lowest BCUT2D eigenvalue weighted by atomic mass is 10.00. The summed E-state index contributed by atoms with van der Waals surface area (Å²) in [6.45, 7) is 6.55. The van der Waals surface area contributed by atoms with E-state index in [0.717, 1.165) is 33.3 Å². The number of hydrogen-bond donors (Lipinski definition) is 1. The number of H-pyrrole nitrogens is 1. The first-order valence-electron chi connectivity index (χ1n) is 7.08. The van der Waals surface area contributed by atoms with Crippen LogP contribution in [0.1, 0.15) is 34.1 Å². The molecule has 0 atom stereocenters. The molecule has 2 aromatic rings. The fraction of sp³-hybridized carbons (Fsp3) is 0.375. The molecular formula is C16H18N2O3. The molecule has 21 heavy (non-hydrogen) atoms. The van der Waals surface area contributed by atoms with Gasteiger partial charge in [-0.3, -0.25) is 9.69 Å². The molecule has 0 saturated carbocycles. The molecule has 1 N–H and O–H groups in total. The first-order valence-corrected chi connectivity index (χ1v) is 7.08. The van der Waals surface area contributed by atoms with Gasteiger partial charge in [0, 0.05) is 22.2 Å². The van der Waals surface area contributed by atoms with Crippen LogP contribution in [-0.2, 0) is 11.3 Å². The minimum Gasteiger partial charge on any atom is -0.450 e. The topological polar surface area (TPSA) is 62.4 Å². The number of aromatic amines is 1. The van der Waals surface area contributed by atoms with E-state index in [2.05, 4.69) is 11.1 Å². The Morgan fingerprint density at radius 3 is 2.81 bits per heavy atom. The van der Waals surface area contributed by atoms with Gasteiger partial charge in [0.2, 0.25) is 0 Å². The van der Waals surface area contributed by atoms with E-state index in [9.17, 15) is 9.59 Å². The summed E-state index contributed by atoms with van der Waals surface area (Å²) in [7, 11) is 0. The zero-order chi connectivity index (χ0) is 15.1. The minimum atomic E-state index is -0.442. The van der Waals surface area contributed by atoms with Crippen LogP contribution in [0.2, 0.25) is 0 Å². The lowest BCUT2D eigenvalue weighted by Crippen LogP contribution is -2.39. The Morgan fingerprint density at radius 1 is 1.33 bits per heavy atom. The Morgan fingerprint density at radius 2 is 2.10 bits per heavy atom. The maximum atomic E-state index is 12.4. The molecule has 110 valence electrons. The SMILES string of the molecule is CCOC(=O)N1CC(=O)c2c([nH]c3c(C)cc(C)cc23)C1. The van der Waals surface area contributed by atoms with Crippen LogP contribution >= 0.6 is 0 Å². The van der Waals surface area contributed by atoms with E-state index < -0.39 is 6.09 Å². The number of nitrogens with zero attached hydrogens (tertiary/aromatic N) is 1. The smallest absolute Gasteiger partial charge is 0.410 e. The van der Waals surface area contributed by atoms with Gasteiger partial charge in [-0.05, 0) is 32.4 Å². The molecule has 0 fully saturated rings. The summed E-state index contributed by atoms with van der Waals surface area (Å²) in [5.74, 6) is -0.0412. The van der Waals surface area contributed by atoms with Crippen LogP contribution in [0.5, 0.6) is 0 Å². The summed E-state index contributed by atoms with van der Waals surface area (Å²) >= 11 is 0. The summed E-state index contributed by atoms with van der Waals surface area (Å²) in [6.07, 6.45) is -0.442. The van der Waals surface area contributed by atoms with Gasteiger partial charge in [-0.1, -0.05) is 11.6 Å². The fourth-order valence-electron chi connectivity index (χ4n) is 2.99. The predicted molar refractivity (Wildman–Crippen MR) is 79.5 cm³/mol. The van der Waals surface area contributed by atoms with E-state index in [1.54, 1.807) is 6.92 Å². The maximum Gasteiger partial charge on any atom is 0.410 e. The van der Waals surface area contributed by atoms with Gasteiger partial charge in [0.1, 0.15) is 0 Å². The number of aryl methyl sites for hydroxylation is 2. The summed E-state index contributed by atoms with van der Waals surface area (Å²) in [5, 5.41) is 0.955. The maximum absolute atomic E-state index is 12.4. The molecule has 0 saturated heterocycles. The van der Waals surface area contributed by atoms with Crippen LogP contribution in [0.25, 0.3) is 10.9 Å². The van der Waals surface area contributed by atoms with E-state index in [-0.39, 0.29) is 12.3 Å². The molecule has 0 bridgehead atoms. The molecule has 3 rings (SSSR count). The lowest BCUT2D eigenvalue weighted by Gasteiger charge is -2.25. The number of Topliss-reactive ketones (excluding diaryl/α,β-unsaturated/α-hetero) is 1. The highest BCUT2D eigenvalue weighted by atomic mass is 16.6. The monoisotopic (exact) mass is 286 g/mol. The van der Waals surface area contributed by atoms with E-state index in [1.165, 1.54) is 4.90 Å². The van der Waals surface area contributed by atoms with Gasteiger partial charge >= 0.3 is 6.09 Å². The number of carbonyl (C=O) groups is 2. The van der Waals surface area contributed by atoms with Crippen LogP contribution in [0, 0.1) is 13.8 Å². The van der Waals surface area contributed by atoms with Gasteiger partial charge in [-0.25, -0.2) is 4.79 Å². The lowest BCUT2D eigenvalue weighted by molar-refractivity contribution is 0.0797. The summed E-state index contributed by atoms with van der Waals surface area (Å²) < 4.78 is 4.98. The predicted octanol–water partition coefficient (Wildman–Crippen LogP) is 2.94. The largest absolute Gasteiger partial charge is 0.450 e. The molecule has 1 aromatic carbocycles. The molecule has 0 radical (unpaired) electrons. The zero-order valence-corrected chi connectivity index (χ0v) is 12.4. The van der Waals surface area contributed by atoms with Crippen LogP contribution < -0.4 is 0 Å². The average Bonchev–Trinajstić information content (AvgIpc) is 2.78. The molecule has 0 unspecified atom stereocenters. The van der Waals surface area contributed by atoms with Crippen molar-refractivity contribution in [2.75, 3.05) is 13.2 Å². The highest BCUT2D eigenvalue weighted by Gasteiger charge is 2.30. The number of carbonyl (C=O) groups excluding carboxylic acids is 2. The highest BCUT2D eigenvalue weighted by molar-refractivity contribution is 6.12. The molecule has 2 heterocycles. The van der Waals surface area contributed by atoms with Crippen molar-refractivity contribution in [3.8, 4) is 0 Å². The van der Waals surface area contributed by atoms with Crippen molar-refractivity contribution in [2.24, 2.45) is 0 Å². The minimum absolute atomic E-state index is 0.0412. The molecular weight excluding hydrogens is 268 g/mol. The number of rotatable bonds is 1. The molecule has 0 aliphatic carbocycles. The van der Waals surface area contributed by atoms with Gasteiger partial charge in [0.25, 0.3) is 0 Å². The number of nitrogens with one attached hydrogen (secondary N) is 1. The van der Waals surface area contributed by atoms with Crippen molar-refractivity contribution in [3.63, 3.8) is 0 Å². The third kappa shape index (κ3) is 2.18. The first kappa shape index (κ1) is 13.7. The van der Waals surface area contributed by atoms with Gasteiger partial charge in [0.15, 0.2) is 5.78 Å². The van der Waals surface area contributed by atoms with Crippen LogP contribution in [0.3, 0.4) is 0 Å². The summed E-state index contributed by atoms with van der Waals surface area (Å²) in [4.78, 5) is 29.0. The number of hydrogen-bond acceptors (Lipinski definition) is 3. The van der Waals surface area contributed by atoms with Crippen molar-refractivity contribution >= 4 is 22.8 Å². The second-order valence-electron chi connectivity index (χ2n) is 5.46. The van der Waals surface area contributed by atoms with Gasteiger partial charge in [-0.15, -0.1) is 0 Å². The zero-order valence-electron chi connectivity index (χ0n) is 12.4. The van der Waals surface area contributed by atoms with Crippen LogP contribution in [0.15, 0.2) is 12.1 Å². The normalized spacial score (nSPS) is 14.4. The van der Waals surface area contributed by atoms with Crippen molar-refractivity contribution in [1.82, 2.24) is 9.88 Å². The van der Waals surface area contributed by atoms with Gasteiger partial charge in [-0.2, -0.15) is 0 Å². The molecule has 0 spiro atoms. The third-order valence-electron chi connectivity index (χ3n) is 3.82. The number of aromatic nitrogens is 1. The summed E-state index contributed by atoms with van der Waals surface area (Å²) in [6, 6.07) is 4.10. The highest BCUT2D eigenvalue weighted by Crippen LogP contribution is 2.30. The van der Waals surface area contributed by atoms with Crippen molar-refractivity contribution in [2.45, 2.75) is 27.3 Å². The van der Waals surface area contributed by atoms with Crippen molar-refractivity contribution < 1.29 is 14.3 Å². The van der Waals surface area contributed by atoms with E-state index in [1.807, 2.05) is 19.9 Å². The molecule has 5 heteroatoms. The molecule has 5 nitrogen and oxygen atoms in total. The van der Waals surface area contributed by atoms with Crippen LogP contribution in [-0.4, -0.2) is 34.9 Å². The molecule has 1 aliphatic rings. The fourth-order valence-corrected chi connectivity index (χ4v) is 2.99. The molecule has 1 amide bonds. The van der Waals surface area contributed by atoms with Crippen molar-refractivity contribution in [1.29, 1.82) is 0 Å². The van der Waals surface area contributed by atoms with E-state index in [0.29, 0.717) is 13.2 Å². The molecule has 1 aromatic heterocycles. The standard InChI is InChI=1S/C16H18N2O3/c1-4-21-16(20)18-7-12-14(13(19)8-18)11-6-9(2)5-10(3)15(11)17-12/h5-6,17H,4,7-8H2,1-3H3. The number of fused-ring (bicyclic) bond motifs is 3. The second-order valence-corrected chi connectivity index (χ2v) is 5.46. The van der Waals surface area contributed by atoms with E-state index >= 15 is 0 Å². The van der Waals surface area contributed by atoms with Gasteiger partial charge in [0.05, 0.1) is 19.7 Å². The average molecular weight is 286 g/mol. The van der Waals surface area contributed by atoms with E-state index in [4.69, 9.17) is 4.74 Å². The quantitative estimate of drug-likeness (QED) is 0.876. The first-order chi connectivity index (χ1) is 10.0. The third-order valence-corrected chi connectivity index (χ3v) is 3.82. The Labute approximate surface area is 122 Å². The Hall–Kier alpha value is -2.30. The Balaban J connectivity index is 2.08. The Bertz CT molecular complexity index is 746. The summed E-state index contributed by atoms with van der Waals surface area (Å²) in [5.41, 5.74) is 4.72. The number of ether oxygens (including phenoxy) is 1. The van der Waals surface area contributed by atoms with Crippen LogP contribution in [0.4, 0.5) is 4.79 Å². The number of benzene rings is 1. The Kier molecular flexibility index (Phi) is 3.20. The number of ketones is 1.